The lowest BCUT2D eigenvalue weighted by Crippen LogP contribution is -2.15. The third kappa shape index (κ3) is 3.81. The Morgan fingerprint density at radius 1 is 1.29 bits per heavy atom. The number of carbonyl (C=O) groups excluding carboxylic acids is 1. The number of rotatable bonds is 3. The lowest BCUT2D eigenvalue weighted by atomic mass is 10.1. The zero-order valence-electron chi connectivity index (χ0n) is 11.1. The van der Waals surface area contributed by atoms with Crippen LogP contribution in [0.4, 0.5) is 5.69 Å². The van der Waals surface area contributed by atoms with Gasteiger partial charge in [0.15, 0.2) is 0 Å². The number of aryl methyl sites for hydroxylation is 1. The largest absolute Gasteiger partial charge is 0.389 e. The van der Waals surface area contributed by atoms with Gasteiger partial charge in [-0.05, 0) is 36.8 Å². The average molecular weight is 384 g/mol. The van der Waals surface area contributed by atoms with Crippen molar-refractivity contribution in [2.45, 2.75) is 6.92 Å². The van der Waals surface area contributed by atoms with Gasteiger partial charge in [0.25, 0.3) is 5.91 Å². The van der Waals surface area contributed by atoms with Crippen LogP contribution in [-0.4, -0.2) is 10.9 Å². The summed E-state index contributed by atoms with van der Waals surface area (Å²) in [6.45, 7) is 1.89. The van der Waals surface area contributed by atoms with Crippen molar-refractivity contribution in [3.63, 3.8) is 0 Å². The molecule has 0 bridgehead atoms. The fraction of sp³-hybridized carbons (Fsp3) is 0.0667. The minimum absolute atomic E-state index is 0.283. The Hall–Kier alpha value is -1.43. The third-order valence-corrected chi connectivity index (χ3v) is 4.00. The zero-order valence-corrected chi connectivity index (χ0v) is 14.3. The molecule has 3 nitrogen and oxygen atoms in total. The monoisotopic (exact) mass is 382 g/mol. The number of amides is 1. The number of anilines is 1. The fourth-order valence-electron chi connectivity index (χ4n) is 1.77. The van der Waals surface area contributed by atoms with Crippen LogP contribution in [-0.2, 0) is 0 Å². The fourth-order valence-corrected chi connectivity index (χ4v) is 2.46. The molecule has 1 amide bonds. The first-order chi connectivity index (χ1) is 9.88. The van der Waals surface area contributed by atoms with Crippen LogP contribution in [0.3, 0.4) is 0 Å². The van der Waals surface area contributed by atoms with E-state index in [4.69, 9.17) is 29.6 Å². The Balaban J connectivity index is 2.33. The predicted octanol–water partition coefficient (Wildman–Crippen LogP) is 4.30. The quantitative estimate of drug-likeness (QED) is 0.777. The van der Waals surface area contributed by atoms with Crippen LogP contribution in [0.25, 0.3) is 0 Å². The molecule has 6 heteroatoms. The van der Waals surface area contributed by atoms with Crippen molar-refractivity contribution in [3.05, 3.63) is 62.6 Å². The van der Waals surface area contributed by atoms with Gasteiger partial charge in [-0.25, -0.2) is 0 Å². The summed E-state index contributed by atoms with van der Waals surface area (Å²) in [5.41, 5.74) is 8.27. The molecule has 0 aromatic heterocycles. The lowest BCUT2D eigenvalue weighted by Gasteiger charge is -2.11. The van der Waals surface area contributed by atoms with Crippen molar-refractivity contribution in [1.29, 1.82) is 0 Å². The Morgan fingerprint density at radius 3 is 2.67 bits per heavy atom. The van der Waals surface area contributed by atoms with Gasteiger partial charge in [-0.3, -0.25) is 4.79 Å². The summed E-state index contributed by atoms with van der Waals surface area (Å²) >= 11 is 14.3. The summed E-state index contributed by atoms with van der Waals surface area (Å²) in [5, 5.41) is 3.22. The molecular weight excluding hydrogens is 372 g/mol. The van der Waals surface area contributed by atoms with Gasteiger partial charge in [0.05, 0.1) is 10.6 Å². The second-order valence-corrected chi connectivity index (χ2v) is 6.23. The zero-order chi connectivity index (χ0) is 15.6. The van der Waals surface area contributed by atoms with Crippen LogP contribution in [0.2, 0.25) is 5.02 Å². The third-order valence-electron chi connectivity index (χ3n) is 2.94. The lowest BCUT2D eigenvalue weighted by molar-refractivity contribution is 0.102. The molecule has 0 spiro atoms. The smallest absolute Gasteiger partial charge is 0.257 e. The number of nitrogens with one attached hydrogen (secondary N) is 1. The Labute approximate surface area is 141 Å². The Morgan fingerprint density at radius 2 is 2.00 bits per heavy atom. The van der Waals surface area contributed by atoms with Crippen LogP contribution in [0.5, 0.6) is 0 Å². The average Bonchev–Trinajstić information content (AvgIpc) is 2.43. The minimum Gasteiger partial charge on any atom is -0.389 e. The molecule has 0 saturated heterocycles. The molecule has 3 N–H and O–H groups in total. The van der Waals surface area contributed by atoms with Crippen molar-refractivity contribution >= 4 is 56.3 Å². The van der Waals surface area contributed by atoms with E-state index in [0.29, 0.717) is 21.8 Å². The molecule has 0 aliphatic heterocycles. The van der Waals surface area contributed by atoms with E-state index in [1.54, 1.807) is 24.3 Å². The van der Waals surface area contributed by atoms with Crippen LogP contribution >= 0.6 is 39.7 Å². The molecule has 0 radical (unpaired) electrons. The first-order valence-corrected chi connectivity index (χ1v) is 7.63. The van der Waals surface area contributed by atoms with E-state index in [9.17, 15) is 4.79 Å². The number of carbonyl (C=O) groups is 1. The molecule has 0 aliphatic carbocycles. The molecule has 2 aromatic carbocycles. The molecule has 0 heterocycles. The van der Waals surface area contributed by atoms with E-state index >= 15 is 0 Å². The van der Waals surface area contributed by atoms with Gasteiger partial charge in [0.2, 0.25) is 0 Å². The van der Waals surface area contributed by atoms with Gasteiger partial charge in [-0.15, -0.1) is 0 Å². The second kappa shape index (κ2) is 6.56. The van der Waals surface area contributed by atoms with E-state index < -0.39 is 0 Å². The number of hydrogen-bond acceptors (Lipinski definition) is 2. The van der Waals surface area contributed by atoms with E-state index in [0.717, 1.165) is 10.0 Å². The summed E-state index contributed by atoms with van der Waals surface area (Å²) in [6.07, 6.45) is 0. The number of hydrogen-bond donors (Lipinski definition) is 2. The number of thiocarbonyl (C=S) groups is 1. The van der Waals surface area contributed by atoms with Crippen LogP contribution < -0.4 is 11.1 Å². The molecular formula is C15H12BrClN2OS. The second-order valence-electron chi connectivity index (χ2n) is 4.47. The molecule has 21 heavy (non-hydrogen) atoms. The number of nitrogens with two attached hydrogens (primary N) is 1. The maximum absolute atomic E-state index is 12.3. The molecule has 2 aromatic rings. The van der Waals surface area contributed by atoms with E-state index in [2.05, 4.69) is 21.2 Å². The summed E-state index contributed by atoms with van der Waals surface area (Å²) in [5.74, 6) is -0.288. The molecule has 0 atom stereocenters. The molecule has 2 rings (SSSR count). The maximum Gasteiger partial charge on any atom is 0.257 e. The van der Waals surface area contributed by atoms with Gasteiger partial charge >= 0.3 is 0 Å². The Bertz CT molecular complexity index is 734. The van der Waals surface area contributed by atoms with Crippen molar-refractivity contribution < 1.29 is 4.79 Å². The predicted molar refractivity (Wildman–Crippen MR) is 94.2 cm³/mol. The highest BCUT2D eigenvalue weighted by Gasteiger charge is 2.13. The summed E-state index contributed by atoms with van der Waals surface area (Å²) in [7, 11) is 0. The van der Waals surface area contributed by atoms with Gasteiger partial charge in [0.1, 0.15) is 4.99 Å². The van der Waals surface area contributed by atoms with Crippen molar-refractivity contribution in [2.24, 2.45) is 5.73 Å². The highest BCUT2D eigenvalue weighted by atomic mass is 79.9. The minimum atomic E-state index is -0.288. The van der Waals surface area contributed by atoms with Crippen molar-refractivity contribution in [3.8, 4) is 0 Å². The first-order valence-electron chi connectivity index (χ1n) is 6.05. The SMILES string of the molecule is Cc1ccc(C(N)=S)cc1NC(=O)c1cc(Br)ccc1Cl. The molecule has 0 unspecified atom stereocenters. The summed E-state index contributed by atoms with van der Waals surface area (Å²) in [6, 6.07) is 10.5. The standard InChI is InChI=1S/C15H12BrClN2OS/c1-8-2-3-9(14(18)21)6-13(8)19-15(20)11-7-10(16)4-5-12(11)17/h2-7H,1H3,(H2,18,21)(H,19,20). The van der Waals surface area contributed by atoms with Gasteiger partial charge in [0, 0.05) is 15.7 Å². The van der Waals surface area contributed by atoms with Gasteiger partial charge in [-0.1, -0.05) is 51.9 Å². The molecule has 108 valence electrons. The van der Waals surface area contributed by atoms with E-state index in [-0.39, 0.29) is 10.9 Å². The highest BCUT2D eigenvalue weighted by molar-refractivity contribution is 9.10. The molecule has 0 saturated carbocycles. The van der Waals surface area contributed by atoms with Crippen LogP contribution in [0, 0.1) is 6.92 Å². The Kier molecular flexibility index (Phi) is 4.98. The molecule has 0 fully saturated rings. The molecule has 0 aliphatic rings. The van der Waals surface area contributed by atoms with Crippen LogP contribution in [0.1, 0.15) is 21.5 Å². The van der Waals surface area contributed by atoms with Gasteiger partial charge in [-0.2, -0.15) is 0 Å². The van der Waals surface area contributed by atoms with E-state index in [1.165, 1.54) is 0 Å². The highest BCUT2D eigenvalue weighted by Crippen LogP contribution is 2.23. The summed E-state index contributed by atoms with van der Waals surface area (Å²) in [4.78, 5) is 12.6. The van der Waals surface area contributed by atoms with E-state index in [1.807, 2.05) is 19.1 Å². The first kappa shape index (κ1) is 15.9. The normalized spacial score (nSPS) is 10.2. The van der Waals surface area contributed by atoms with Crippen molar-refractivity contribution in [2.75, 3.05) is 5.32 Å². The van der Waals surface area contributed by atoms with Crippen molar-refractivity contribution in [1.82, 2.24) is 0 Å². The maximum atomic E-state index is 12.3. The summed E-state index contributed by atoms with van der Waals surface area (Å²) < 4.78 is 0.783. The number of halogens is 2. The topological polar surface area (TPSA) is 55.1 Å². The number of benzene rings is 2. The van der Waals surface area contributed by atoms with Crippen LogP contribution in [0.15, 0.2) is 40.9 Å². The van der Waals surface area contributed by atoms with Gasteiger partial charge < -0.3 is 11.1 Å².